The molecular formula is C12H23IN4O. The van der Waals surface area contributed by atoms with Crippen molar-refractivity contribution in [2.45, 2.75) is 40.2 Å². The van der Waals surface area contributed by atoms with Gasteiger partial charge in [-0.05, 0) is 19.8 Å². The van der Waals surface area contributed by atoms with E-state index in [1.165, 1.54) is 0 Å². The van der Waals surface area contributed by atoms with E-state index in [1.54, 1.807) is 0 Å². The molecule has 0 unspecified atom stereocenters. The third-order valence-corrected chi connectivity index (χ3v) is 2.25. The summed E-state index contributed by atoms with van der Waals surface area (Å²) in [6, 6.07) is 1.96. The molecule has 0 aliphatic heterocycles. The molecule has 18 heavy (non-hydrogen) atoms. The van der Waals surface area contributed by atoms with Crippen molar-refractivity contribution in [1.29, 1.82) is 0 Å². The first-order valence-electron chi connectivity index (χ1n) is 6.15. The topological polar surface area (TPSA) is 62.5 Å². The van der Waals surface area contributed by atoms with Crippen LogP contribution in [0, 0.1) is 0 Å². The van der Waals surface area contributed by atoms with Crippen LogP contribution in [0.4, 0.5) is 0 Å². The summed E-state index contributed by atoms with van der Waals surface area (Å²) in [4.78, 5) is 4.41. The number of halogens is 1. The maximum atomic E-state index is 5.22. The van der Waals surface area contributed by atoms with Gasteiger partial charge in [-0.2, -0.15) is 0 Å². The Labute approximate surface area is 126 Å². The molecule has 6 heteroatoms. The second-order valence-electron chi connectivity index (χ2n) is 4.10. The van der Waals surface area contributed by atoms with Crippen LogP contribution in [0.5, 0.6) is 0 Å². The zero-order valence-electron chi connectivity index (χ0n) is 11.5. The minimum Gasteiger partial charge on any atom is -0.359 e. The Kier molecular flexibility index (Phi) is 8.78. The summed E-state index contributed by atoms with van der Waals surface area (Å²) in [5, 5.41) is 10.3. The zero-order chi connectivity index (χ0) is 12.7. The third kappa shape index (κ3) is 5.70. The molecule has 1 aromatic rings. The van der Waals surface area contributed by atoms with Gasteiger partial charge in [-0.25, -0.2) is 4.99 Å². The number of rotatable bonds is 5. The van der Waals surface area contributed by atoms with Crippen LogP contribution in [0.25, 0.3) is 0 Å². The van der Waals surface area contributed by atoms with E-state index < -0.39 is 0 Å². The van der Waals surface area contributed by atoms with Gasteiger partial charge in [0.15, 0.2) is 11.7 Å². The Hall–Kier alpha value is -0.790. The number of guanidine groups is 1. The highest BCUT2D eigenvalue weighted by molar-refractivity contribution is 14.0. The number of nitrogens with one attached hydrogen (secondary N) is 2. The molecule has 0 saturated carbocycles. The number of hydrogen-bond donors (Lipinski definition) is 2. The summed E-state index contributed by atoms with van der Waals surface area (Å²) >= 11 is 0. The fourth-order valence-electron chi connectivity index (χ4n) is 1.34. The van der Waals surface area contributed by atoms with Gasteiger partial charge in [0.1, 0.15) is 6.54 Å². The van der Waals surface area contributed by atoms with E-state index in [-0.39, 0.29) is 24.0 Å². The summed E-state index contributed by atoms with van der Waals surface area (Å²) in [6.45, 7) is 10.5. The highest BCUT2D eigenvalue weighted by Crippen LogP contribution is 2.14. The van der Waals surface area contributed by atoms with Crippen molar-refractivity contribution in [3.8, 4) is 0 Å². The van der Waals surface area contributed by atoms with E-state index in [2.05, 4.69) is 34.6 Å². The van der Waals surface area contributed by atoms with Crippen molar-refractivity contribution in [1.82, 2.24) is 15.8 Å². The van der Waals surface area contributed by atoms with Crippen molar-refractivity contribution in [2.75, 3.05) is 13.1 Å². The Morgan fingerprint density at radius 2 is 1.94 bits per heavy atom. The maximum absolute atomic E-state index is 5.22. The molecule has 0 spiro atoms. The number of aromatic nitrogens is 1. The molecule has 1 heterocycles. The summed E-state index contributed by atoms with van der Waals surface area (Å²) in [5.41, 5.74) is 0.976. The summed E-state index contributed by atoms with van der Waals surface area (Å²) in [6.07, 6.45) is 0. The van der Waals surface area contributed by atoms with Crippen molar-refractivity contribution >= 4 is 29.9 Å². The van der Waals surface area contributed by atoms with Gasteiger partial charge in [-0.15, -0.1) is 24.0 Å². The highest BCUT2D eigenvalue weighted by atomic mass is 127. The van der Waals surface area contributed by atoms with E-state index >= 15 is 0 Å². The summed E-state index contributed by atoms with van der Waals surface area (Å²) in [7, 11) is 0. The van der Waals surface area contributed by atoms with Gasteiger partial charge in [0.2, 0.25) is 0 Å². The van der Waals surface area contributed by atoms with E-state index in [4.69, 9.17) is 4.52 Å². The average molecular weight is 366 g/mol. The first kappa shape index (κ1) is 17.2. The molecule has 0 fully saturated rings. The zero-order valence-corrected chi connectivity index (χ0v) is 13.8. The molecule has 0 aromatic carbocycles. The predicted molar refractivity (Wildman–Crippen MR) is 84.5 cm³/mol. The van der Waals surface area contributed by atoms with Crippen LogP contribution in [0.15, 0.2) is 15.6 Å². The fraction of sp³-hybridized carbons (Fsp3) is 0.667. The second-order valence-corrected chi connectivity index (χ2v) is 4.10. The first-order valence-corrected chi connectivity index (χ1v) is 6.15. The van der Waals surface area contributed by atoms with E-state index in [1.807, 2.05) is 19.9 Å². The second kappa shape index (κ2) is 9.18. The smallest absolute Gasteiger partial charge is 0.191 e. The molecule has 0 bridgehead atoms. The van der Waals surface area contributed by atoms with Crippen LogP contribution >= 0.6 is 24.0 Å². The molecule has 0 aliphatic carbocycles. The lowest BCUT2D eigenvalue weighted by Gasteiger charge is -2.07. The quantitative estimate of drug-likeness (QED) is 0.478. The predicted octanol–water partition coefficient (Wildman–Crippen LogP) is 2.49. The van der Waals surface area contributed by atoms with Crippen LogP contribution in [0.2, 0.25) is 0 Å². The van der Waals surface area contributed by atoms with Gasteiger partial charge in [0, 0.05) is 19.2 Å². The molecule has 5 nitrogen and oxygen atoms in total. The highest BCUT2D eigenvalue weighted by Gasteiger charge is 2.07. The van der Waals surface area contributed by atoms with E-state index in [9.17, 15) is 0 Å². The molecule has 1 rings (SSSR count). The van der Waals surface area contributed by atoms with Crippen LogP contribution in [-0.4, -0.2) is 24.2 Å². The Balaban J connectivity index is 0.00000289. The van der Waals surface area contributed by atoms with Crippen molar-refractivity contribution in [3.63, 3.8) is 0 Å². The molecule has 0 atom stereocenters. The number of aliphatic imine (C=N–C) groups is 1. The standard InChI is InChI=1S/C12H22N4O.HI/c1-5-13-12(14-6-2)15-8-10-7-11(9(3)4)16-17-10;/h7,9H,5-6,8H2,1-4H3,(H2,13,14,15);1H. The molecule has 2 N–H and O–H groups in total. The van der Waals surface area contributed by atoms with Crippen LogP contribution in [0.1, 0.15) is 45.1 Å². The van der Waals surface area contributed by atoms with Crippen LogP contribution in [-0.2, 0) is 6.54 Å². The molecule has 104 valence electrons. The molecular weight excluding hydrogens is 343 g/mol. The molecule has 0 radical (unpaired) electrons. The van der Waals surface area contributed by atoms with Crippen LogP contribution in [0.3, 0.4) is 0 Å². The van der Waals surface area contributed by atoms with Gasteiger partial charge in [-0.1, -0.05) is 19.0 Å². The van der Waals surface area contributed by atoms with Crippen molar-refractivity contribution in [3.05, 3.63) is 17.5 Å². The van der Waals surface area contributed by atoms with Gasteiger partial charge in [-0.3, -0.25) is 0 Å². The lowest BCUT2D eigenvalue weighted by Crippen LogP contribution is -2.36. The molecule has 0 amide bonds. The Morgan fingerprint density at radius 1 is 1.33 bits per heavy atom. The lowest BCUT2D eigenvalue weighted by molar-refractivity contribution is 0.376. The van der Waals surface area contributed by atoms with E-state index in [0.717, 1.165) is 30.5 Å². The van der Waals surface area contributed by atoms with Gasteiger partial charge in [0.25, 0.3) is 0 Å². The Bertz CT molecular complexity index is 355. The SMILES string of the molecule is CCNC(=NCc1cc(C(C)C)no1)NCC.I. The summed E-state index contributed by atoms with van der Waals surface area (Å²) < 4.78 is 5.22. The molecule has 1 aromatic heterocycles. The van der Waals surface area contributed by atoms with Crippen LogP contribution < -0.4 is 10.6 Å². The fourth-order valence-corrected chi connectivity index (χ4v) is 1.34. The molecule has 0 aliphatic rings. The Morgan fingerprint density at radius 3 is 2.39 bits per heavy atom. The normalized spacial score (nSPS) is 9.83. The van der Waals surface area contributed by atoms with Crippen molar-refractivity contribution < 1.29 is 4.52 Å². The first-order chi connectivity index (χ1) is 8.17. The summed E-state index contributed by atoms with van der Waals surface area (Å²) in [5.74, 6) is 1.98. The number of nitrogens with zero attached hydrogens (tertiary/aromatic N) is 2. The van der Waals surface area contributed by atoms with Gasteiger partial charge >= 0.3 is 0 Å². The lowest BCUT2D eigenvalue weighted by atomic mass is 10.1. The monoisotopic (exact) mass is 366 g/mol. The molecule has 0 saturated heterocycles. The van der Waals surface area contributed by atoms with Crippen molar-refractivity contribution in [2.24, 2.45) is 4.99 Å². The van der Waals surface area contributed by atoms with Gasteiger partial charge < -0.3 is 15.2 Å². The minimum atomic E-state index is 0. The maximum Gasteiger partial charge on any atom is 0.191 e. The number of hydrogen-bond acceptors (Lipinski definition) is 3. The minimum absolute atomic E-state index is 0. The van der Waals surface area contributed by atoms with E-state index in [0.29, 0.717) is 12.5 Å². The largest absolute Gasteiger partial charge is 0.359 e. The third-order valence-electron chi connectivity index (χ3n) is 2.25. The van der Waals surface area contributed by atoms with Gasteiger partial charge in [0.05, 0.1) is 5.69 Å². The average Bonchev–Trinajstić information content (AvgIpc) is 2.75.